The molecule has 2 heterocycles. The van der Waals surface area contributed by atoms with E-state index in [1.54, 1.807) is 18.2 Å². The lowest BCUT2D eigenvalue weighted by molar-refractivity contribution is -0.150. The van der Waals surface area contributed by atoms with Gasteiger partial charge in [0.05, 0.1) is 4.90 Å². The molecule has 39 heavy (non-hydrogen) atoms. The third-order valence-corrected chi connectivity index (χ3v) is 9.04. The summed E-state index contributed by atoms with van der Waals surface area (Å²) in [4.78, 5) is 17.8. The second-order valence-electron chi connectivity index (χ2n) is 9.18. The van der Waals surface area contributed by atoms with Crippen molar-refractivity contribution in [1.29, 1.82) is 0 Å². The first kappa shape index (κ1) is 25.4. The zero-order valence-corrected chi connectivity index (χ0v) is 22.9. The minimum atomic E-state index is -4.03. The molecule has 1 aromatic heterocycles. The number of carbonyl (C=O) groups excluding carboxylic acids is 1. The van der Waals surface area contributed by atoms with Gasteiger partial charge in [0.15, 0.2) is 6.61 Å². The van der Waals surface area contributed by atoms with E-state index in [4.69, 9.17) is 9.26 Å². The van der Waals surface area contributed by atoms with Crippen LogP contribution >= 0.6 is 15.9 Å². The summed E-state index contributed by atoms with van der Waals surface area (Å²) in [5.74, 6) is -0.219. The number of nitrogens with zero attached hydrogens (tertiary/aromatic N) is 3. The van der Waals surface area contributed by atoms with Crippen LogP contribution in [0, 0.1) is 0 Å². The van der Waals surface area contributed by atoms with Crippen LogP contribution in [0.25, 0.3) is 22.2 Å². The summed E-state index contributed by atoms with van der Waals surface area (Å²) in [6.45, 7) is -0.222. The van der Waals surface area contributed by atoms with Gasteiger partial charge in [0.1, 0.15) is 6.04 Å². The zero-order valence-electron chi connectivity index (χ0n) is 20.5. The zero-order chi connectivity index (χ0) is 27.0. The first-order chi connectivity index (χ1) is 18.9. The number of hydrogen-bond donors (Lipinski definition) is 0. The Hall–Kier alpha value is -3.86. The molecule has 0 amide bonds. The number of hydrogen-bond acceptors (Lipinski definition) is 7. The molecule has 0 spiro atoms. The van der Waals surface area contributed by atoms with Crippen LogP contribution in [0.4, 0.5) is 0 Å². The van der Waals surface area contributed by atoms with Gasteiger partial charge in [0.2, 0.25) is 15.8 Å². The highest BCUT2D eigenvalue weighted by atomic mass is 79.9. The Balaban J connectivity index is 1.27. The Morgan fingerprint density at radius 2 is 1.72 bits per heavy atom. The molecule has 0 aliphatic carbocycles. The van der Waals surface area contributed by atoms with Crippen LogP contribution in [-0.4, -0.2) is 34.9 Å². The van der Waals surface area contributed by atoms with Gasteiger partial charge in [-0.15, -0.1) is 0 Å². The maximum Gasteiger partial charge on any atom is 0.325 e. The third kappa shape index (κ3) is 5.10. The van der Waals surface area contributed by atoms with E-state index in [0.717, 1.165) is 31.9 Å². The smallest absolute Gasteiger partial charge is 0.325 e. The maximum absolute atomic E-state index is 13.9. The highest BCUT2D eigenvalue weighted by Gasteiger charge is 2.40. The number of rotatable bonds is 6. The molecular weight excluding hydrogens is 582 g/mol. The number of esters is 1. The minimum Gasteiger partial charge on any atom is -0.454 e. The molecule has 0 fully saturated rings. The van der Waals surface area contributed by atoms with Crippen molar-refractivity contribution in [1.82, 2.24) is 14.4 Å². The summed E-state index contributed by atoms with van der Waals surface area (Å²) in [5, 5.41) is 5.69. The van der Waals surface area contributed by atoms with E-state index in [-0.39, 0.29) is 30.4 Å². The summed E-state index contributed by atoms with van der Waals surface area (Å²) < 4.78 is 40.7. The minimum absolute atomic E-state index is 0.0543. The predicted octanol–water partition coefficient (Wildman–Crippen LogP) is 5.51. The summed E-state index contributed by atoms with van der Waals surface area (Å²) in [6.07, 6.45) is 0.189. The Kier molecular flexibility index (Phi) is 6.76. The van der Waals surface area contributed by atoms with E-state index in [2.05, 4.69) is 26.1 Å². The molecule has 6 rings (SSSR count). The first-order valence-electron chi connectivity index (χ1n) is 12.2. The van der Waals surface area contributed by atoms with Crippen LogP contribution in [0.15, 0.2) is 105 Å². The molecule has 0 saturated carbocycles. The molecule has 1 aliphatic heterocycles. The van der Waals surface area contributed by atoms with Gasteiger partial charge in [0, 0.05) is 23.0 Å². The lowest BCUT2D eigenvalue weighted by Crippen LogP contribution is -2.49. The van der Waals surface area contributed by atoms with E-state index < -0.39 is 22.0 Å². The normalized spacial score (nSPS) is 15.7. The van der Waals surface area contributed by atoms with E-state index in [0.29, 0.717) is 5.82 Å². The molecule has 0 radical (unpaired) electrons. The second-order valence-corrected chi connectivity index (χ2v) is 12.0. The molecule has 0 saturated heterocycles. The largest absolute Gasteiger partial charge is 0.454 e. The van der Waals surface area contributed by atoms with Crippen molar-refractivity contribution in [3.63, 3.8) is 0 Å². The Labute approximate surface area is 233 Å². The number of carbonyl (C=O) groups is 1. The predicted molar refractivity (Wildman–Crippen MR) is 148 cm³/mol. The van der Waals surface area contributed by atoms with Gasteiger partial charge in [-0.25, -0.2) is 8.42 Å². The topological polar surface area (TPSA) is 103 Å². The van der Waals surface area contributed by atoms with Crippen LogP contribution in [-0.2, 0) is 39.1 Å². The molecule has 8 nitrogen and oxygen atoms in total. The number of benzene rings is 4. The molecule has 5 aromatic rings. The third-order valence-electron chi connectivity index (χ3n) is 6.69. The molecule has 196 valence electrons. The fourth-order valence-electron chi connectivity index (χ4n) is 4.70. The van der Waals surface area contributed by atoms with Gasteiger partial charge in [-0.1, -0.05) is 87.8 Å². The van der Waals surface area contributed by atoms with E-state index in [1.807, 2.05) is 72.8 Å². The molecule has 1 unspecified atom stereocenters. The van der Waals surface area contributed by atoms with Crippen LogP contribution in [0.1, 0.15) is 17.0 Å². The lowest BCUT2D eigenvalue weighted by atomic mass is 9.96. The quantitative estimate of drug-likeness (QED) is 0.236. The average molecular weight is 604 g/mol. The maximum atomic E-state index is 13.9. The Morgan fingerprint density at radius 1 is 0.949 bits per heavy atom. The number of fused-ring (bicyclic) bond motifs is 2. The summed E-state index contributed by atoms with van der Waals surface area (Å²) in [6, 6.07) is 26.4. The SMILES string of the molecule is O=C(OCc1nc(-c2cccc(Br)c2)no1)C1Cc2ccccc2CN1S(=O)(=O)c1ccc2ccccc2c1. The molecule has 1 atom stereocenters. The fraction of sp³-hybridized carbons (Fsp3) is 0.138. The van der Waals surface area contributed by atoms with Crippen molar-refractivity contribution in [3.8, 4) is 11.4 Å². The number of sulfonamides is 1. The molecule has 0 N–H and O–H groups in total. The van der Waals surface area contributed by atoms with Gasteiger partial charge in [-0.2, -0.15) is 9.29 Å². The number of aromatic nitrogens is 2. The fourth-order valence-corrected chi connectivity index (χ4v) is 6.69. The number of halogens is 1. The Morgan fingerprint density at radius 3 is 2.54 bits per heavy atom. The first-order valence-corrected chi connectivity index (χ1v) is 14.4. The van der Waals surface area contributed by atoms with Crippen LogP contribution in [0.5, 0.6) is 0 Å². The highest BCUT2D eigenvalue weighted by Crippen LogP contribution is 2.31. The summed E-state index contributed by atoms with van der Waals surface area (Å²) in [5.41, 5.74) is 2.49. The number of ether oxygens (including phenoxy) is 1. The second kappa shape index (κ2) is 10.4. The molecular formula is C29H22BrN3O5S. The van der Waals surface area contributed by atoms with Crippen LogP contribution in [0.2, 0.25) is 0 Å². The van der Waals surface area contributed by atoms with E-state index in [9.17, 15) is 13.2 Å². The van der Waals surface area contributed by atoms with Gasteiger partial charge in [-0.3, -0.25) is 4.79 Å². The summed E-state index contributed by atoms with van der Waals surface area (Å²) >= 11 is 3.41. The standard InChI is InChI=1S/C29H22BrN3O5S/c30-24-11-5-10-22(14-24)28-31-27(38-32-28)18-37-29(34)26-16-21-8-3-4-9-23(21)17-33(26)39(35,36)25-13-12-19-6-1-2-7-20(19)15-25/h1-15,26H,16-18H2. The highest BCUT2D eigenvalue weighted by molar-refractivity contribution is 9.10. The molecule has 0 bridgehead atoms. The van der Waals surface area contributed by atoms with E-state index in [1.165, 1.54) is 4.31 Å². The Bertz CT molecular complexity index is 1800. The van der Waals surface area contributed by atoms with Gasteiger partial charge >= 0.3 is 5.97 Å². The van der Waals surface area contributed by atoms with Crippen molar-refractivity contribution in [3.05, 3.63) is 112 Å². The van der Waals surface area contributed by atoms with Gasteiger partial charge in [-0.05, 0) is 46.2 Å². The van der Waals surface area contributed by atoms with Crippen molar-refractivity contribution >= 4 is 42.7 Å². The molecule has 1 aliphatic rings. The van der Waals surface area contributed by atoms with Crippen molar-refractivity contribution in [2.45, 2.75) is 30.5 Å². The van der Waals surface area contributed by atoms with E-state index >= 15 is 0 Å². The monoisotopic (exact) mass is 603 g/mol. The van der Waals surface area contributed by atoms with Crippen LogP contribution < -0.4 is 0 Å². The summed E-state index contributed by atoms with van der Waals surface area (Å²) in [7, 11) is -4.03. The molecule has 10 heteroatoms. The van der Waals surface area contributed by atoms with Gasteiger partial charge in [0.25, 0.3) is 5.89 Å². The van der Waals surface area contributed by atoms with Crippen molar-refractivity contribution in [2.24, 2.45) is 0 Å². The average Bonchev–Trinajstić information content (AvgIpc) is 3.44. The lowest BCUT2D eigenvalue weighted by Gasteiger charge is -2.34. The van der Waals surface area contributed by atoms with Crippen molar-refractivity contribution < 1.29 is 22.5 Å². The van der Waals surface area contributed by atoms with Crippen LogP contribution in [0.3, 0.4) is 0 Å². The van der Waals surface area contributed by atoms with Gasteiger partial charge < -0.3 is 9.26 Å². The molecule has 4 aromatic carbocycles. The van der Waals surface area contributed by atoms with Crippen molar-refractivity contribution in [2.75, 3.05) is 0 Å².